The molecule has 156 valence electrons. The average molecular weight is 485 g/mol. The molecule has 0 spiro atoms. The highest BCUT2D eigenvalue weighted by atomic mass is 35.5. The lowest BCUT2D eigenvalue weighted by atomic mass is 10.2. The van der Waals surface area contributed by atoms with Crippen molar-refractivity contribution in [3.8, 4) is 0 Å². The van der Waals surface area contributed by atoms with E-state index in [1.54, 1.807) is 42.5 Å². The number of hydrogen-bond acceptors (Lipinski definition) is 4. The van der Waals surface area contributed by atoms with Crippen LogP contribution in [0.25, 0.3) is 0 Å². The highest BCUT2D eigenvalue weighted by Gasteiger charge is 2.27. The van der Waals surface area contributed by atoms with Gasteiger partial charge in [-0.05, 0) is 42.0 Å². The van der Waals surface area contributed by atoms with Gasteiger partial charge in [-0.15, -0.1) is 0 Å². The molecule has 0 unspecified atom stereocenters. The molecule has 0 bridgehead atoms. The molecule has 3 aromatic rings. The lowest BCUT2D eigenvalue weighted by Crippen LogP contribution is -2.37. The minimum absolute atomic E-state index is 0.0208. The third-order valence-electron chi connectivity index (χ3n) is 4.09. The summed E-state index contributed by atoms with van der Waals surface area (Å²) in [4.78, 5) is 16.5. The van der Waals surface area contributed by atoms with Gasteiger partial charge in [-0.1, -0.05) is 53.0 Å². The quantitative estimate of drug-likeness (QED) is 0.519. The monoisotopic (exact) mass is 483 g/mol. The van der Waals surface area contributed by atoms with Crippen molar-refractivity contribution in [3.63, 3.8) is 0 Å². The van der Waals surface area contributed by atoms with Crippen LogP contribution in [0.1, 0.15) is 5.56 Å². The fraction of sp³-hybridized carbons (Fsp3) is 0.100. The number of rotatable bonds is 7. The van der Waals surface area contributed by atoms with Crippen molar-refractivity contribution in [2.24, 2.45) is 0 Å². The zero-order valence-corrected chi connectivity index (χ0v) is 18.5. The summed E-state index contributed by atoms with van der Waals surface area (Å²) in [6, 6.07) is 14.4. The number of sulfonamides is 1. The van der Waals surface area contributed by atoms with Gasteiger partial charge in [0, 0.05) is 24.0 Å². The zero-order chi connectivity index (χ0) is 21.7. The largest absolute Gasteiger partial charge is 0.324 e. The molecule has 1 aromatic heterocycles. The molecule has 0 aliphatic rings. The van der Waals surface area contributed by atoms with Gasteiger partial charge >= 0.3 is 0 Å². The minimum atomic E-state index is -4.00. The molecule has 0 saturated heterocycles. The van der Waals surface area contributed by atoms with E-state index in [0.29, 0.717) is 16.3 Å². The van der Waals surface area contributed by atoms with Crippen LogP contribution in [0.15, 0.2) is 71.9 Å². The average Bonchev–Trinajstić information content (AvgIpc) is 2.73. The van der Waals surface area contributed by atoms with Crippen molar-refractivity contribution in [1.82, 2.24) is 9.29 Å². The van der Waals surface area contributed by atoms with Gasteiger partial charge in [-0.3, -0.25) is 9.78 Å². The van der Waals surface area contributed by atoms with Gasteiger partial charge in [0.05, 0.1) is 22.3 Å². The lowest BCUT2D eigenvalue weighted by Gasteiger charge is -2.22. The maximum absolute atomic E-state index is 13.1. The van der Waals surface area contributed by atoms with Gasteiger partial charge in [0.25, 0.3) is 0 Å². The molecule has 0 aliphatic heterocycles. The Balaban J connectivity index is 1.87. The van der Waals surface area contributed by atoms with Crippen LogP contribution < -0.4 is 5.32 Å². The Hall–Kier alpha value is -2.16. The molecule has 30 heavy (non-hydrogen) atoms. The van der Waals surface area contributed by atoms with Crippen LogP contribution in [0.3, 0.4) is 0 Å². The molecule has 0 fully saturated rings. The standard InChI is InChI=1S/C20H16Cl3N3O3S/c21-15-8-6-14(7-9-15)12-26(30(28,29)16-3-2-10-24-11-16)13-19(27)25-18-5-1-4-17(22)20(18)23/h1-11H,12-13H2,(H,25,27). The number of pyridine rings is 1. The van der Waals surface area contributed by atoms with Crippen LogP contribution in [0.2, 0.25) is 15.1 Å². The third kappa shape index (κ3) is 5.50. The zero-order valence-electron chi connectivity index (χ0n) is 15.4. The smallest absolute Gasteiger partial charge is 0.245 e. The first-order valence-electron chi connectivity index (χ1n) is 8.66. The first kappa shape index (κ1) is 22.5. The van der Waals surface area contributed by atoms with E-state index in [1.807, 2.05) is 0 Å². The first-order valence-corrected chi connectivity index (χ1v) is 11.2. The van der Waals surface area contributed by atoms with Crippen molar-refractivity contribution in [1.29, 1.82) is 0 Å². The summed E-state index contributed by atoms with van der Waals surface area (Å²) in [7, 11) is -4.00. The van der Waals surface area contributed by atoms with Crippen LogP contribution in [-0.4, -0.2) is 30.2 Å². The Morgan fingerprint density at radius 2 is 1.73 bits per heavy atom. The summed E-state index contributed by atoms with van der Waals surface area (Å²) in [5.41, 5.74) is 0.958. The Morgan fingerprint density at radius 1 is 1.00 bits per heavy atom. The molecule has 1 heterocycles. The number of carbonyl (C=O) groups excluding carboxylic acids is 1. The van der Waals surface area contributed by atoms with Gasteiger partial charge in [0.1, 0.15) is 4.90 Å². The maximum Gasteiger partial charge on any atom is 0.245 e. The molecule has 0 radical (unpaired) electrons. The number of aromatic nitrogens is 1. The minimum Gasteiger partial charge on any atom is -0.324 e. The second kappa shape index (κ2) is 9.76. The van der Waals surface area contributed by atoms with E-state index < -0.39 is 22.5 Å². The number of amides is 1. The van der Waals surface area contributed by atoms with Gasteiger partial charge in [-0.25, -0.2) is 8.42 Å². The molecular formula is C20H16Cl3N3O3S. The molecule has 0 aliphatic carbocycles. The van der Waals surface area contributed by atoms with Crippen molar-refractivity contribution in [3.05, 3.63) is 87.6 Å². The summed E-state index contributed by atoms with van der Waals surface area (Å²) >= 11 is 18.0. The van der Waals surface area contributed by atoms with Crippen molar-refractivity contribution < 1.29 is 13.2 Å². The number of hydrogen-bond donors (Lipinski definition) is 1. The molecule has 6 nitrogen and oxygen atoms in total. The number of nitrogens with one attached hydrogen (secondary N) is 1. The van der Waals surface area contributed by atoms with Crippen molar-refractivity contribution >= 4 is 56.4 Å². The van der Waals surface area contributed by atoms with E-state index in [1.165, 1.54) is 24.5 Å². The summed E-state index contributed by atoms with van der Waals surface area (Å²) in [6.45, 7) is -0.478. The molecule has 1 amide bonds. The van der Waals surface area contributed by atoms with Crippen molar-refractivity contribution in [2.75, 3.05) is 11.9 Å². The van der Waals surface area contributed by atoms with E-state index in [9.17, 15) is 13.2 Å². The molecular weight excluding hydrogens is 469 g/mol. The highest BCUT2D eigenvalue weighted by molar-refractivity contribution is 7.89. The number of halogens is 3. The number of anilines is 1. The first-order chi connectivity index (χ1) is 14.3. The molecule has 0 saturated carbocycles. The van der Waals surface area contributed by atoms with E-state index in [2.05, 4.69) is 10.3 Å². The second-order valence-corrected chi connectivity index (χ2v) is 9.40. The van der Waals surface area contributed by atoms with Gasteiger partial charge in [0.15, 0.2) is 0 Å². The number of carbonyl (C=O) groups is 1. The van der Waals surface area contributed by atoms with Gasteiger partial charge in [0.2, 0.25) is 15.9 Å². The third-order valence-corrected chi connectivity index (χ3v) is 6.94. The molecule has 3 rings (SSSR count). The highest BCUT2D eigenvalue weighted by Crippen LogP contribution is 2.29. The van der Waals surface area contributed by atoms with Crippen LogP contribution in [-0.2, 0) is 21.4 Å². The second-order valence-electron chi connectivity index (χ2n) is 6.24. The normalized spacial score (nSPS) is 11.5. The Labute approximate surface area is 189 Å². The maximum atomic E-state index is 13.1. The van der Waals surface area contributed by atoms with E-state index >= 15 is 0 Å². The molecule has 2 aromatic carbocycles. The van der Waals surface area contributed by atoms with Crippen molar-refractivity contribution in [2.45, 2.75) is 11.4 Å². The van der Waals surface area contributed by atoms with Crippen LogP contribution >= 0.6 is 34.8 Å². The predicted molar refractivity (Wildman–Crippen MR) is 118 cm³/mol. The number of nitrogens with zero attached hydrogens (tertiary/aromatic N) is 2. The Morgan fingerprint density at radius 3 is 2.40 bits per heavy atom. The topological polar surface area (TPSA) is 79.4 Å². The van der Waals surface area contributed by atoms with Crippen LogP contribution in [0.4, 0.5) is 5.69 Å². The van der Waals surface area contributed by atoms with Crippen LogP contribution in [0.5, 0.6) is 0 Å². The van der Waals surface area contributed by atoms with Gasteiger partial charge in [-0.2, -0.15) is 4.31 Å². The summed E-state index contributed by atoms with van der Waals surface area (Å²) in [5, 5.41) is 3.57. The van der Waals surface area contributed by atoms with Crippen LogP contribution in [0, 0.1) is 0 Å². The van der Waals surface area contributed by atoms with E-state index in [4.69, 9.17) is 34.8 Å². The summed E-state index contributed by atoms with van der Waals surface area (Å²) < 4.78 is 27.3. The predicted octanol–water partition coefficient (Wildman–Crippen LogP) is 4.87. The van der Waals surface area contributed by atoms with E-state index in [0.717, 1.165) is 4.31 Å². The Bertz CT molecular complexity index is 1140. The fourth-order valence-corrected chi connectivity index (χ4v) is 4.44. The SMILES string of the molecule is O=C(CN(Cc1ccc(Cl)cc1)S(=O)(=O)c1cccnc1)Nc1cccc(Cl)c1Cl. The Kier molecular flexibility index (Phi) is 7.33. The number of benzene rings is 2. The molecule has 0 atom stereocenters. The molecule has 10 heteroatoms. The fourth-order valence-electron chi connectivity index (χ4n) is 2.62. The molecule has 1 N–H and O–H groups in total. The summed E-state index contributed by atoms with van der Waals surface area (Å²) in [5.74, 6) is -0.569. The summed E-state index contributed by atoms with van der Waals surface area (Å²) in [6.07, 6.45) is 2.70. The lowest BCUT2D eigenvalue weighted by molar-refractivity contribution is -0.116. The van der Waals surface area contributed by atoms with E-state index in [-0.39, 0.29) is 21.5 Å². The van der Waals surface area contributed by atoms with Gasteiger partial charge < -0.3 is 5.32 Å².